The molecule has 1 N–H and O–H groups in total. The lowest BCUT2D eigenvalue weighted by molar-refractivity contribution is -0.134. The van der Waals surface area contributed by atoms with Gasteiger partial charge in [-0.3, -0.25) is 9.59 Å². The molecule has 0 radical (unpaired) electrons. The Hall–Kier alpha value is -1.55. The van der Waals surface area contributed by atoms with E-state index in [1.54, 1.807) is 24.3 Å². The van der Waals surface area contributed by atoms with E-state index in [0.29, 0.717) is 10.6 Å². The number of halogens is 1. The fraction of sp³-hybridized carbons (Fsp3) is 0.556. The lowest BCUT2D eigenvalue weighted by Crippen LogP contribution is -2.51. The number of carbonyl (C=O) groups excluding carboxylic acids is 2. The van der Waals surface area contributed by atoms with Gasteiger partial charge < -0.3 is 10.2 Å². The summed E-state index contributed by atoms with van der Waals surface area (Å²) in [6.45, 7) is 5.47. The van der Waals surface area contributed by atoms with Crippen LogP contribution in [0.4, 0.5) is 0 Å². The van der Waals surface area contributed by atoms with E-state index in [9.17, 15) is 9.59 Å². The maximum atomic E-state index is 12.8. The quantitative estimate of drug-likeness (QED) is 0.914. The normalized spacial score (nSPS) is 16.8. The van der Waals surface area contributed by atoms with Crippen molar-refractivity contribution in [1.82, 2.24) is 10.2 Å². The summed E-state index contributed by atoms with van der Waals surface area (Å²) >= 11 is 6.08. The van der Waals surface area contributed by atoms with Gasteiger partial charge in [0, 0.05) is 13.1 Å². The highest BCUT2D eigenvalue weighted by Crippen LogP contribution is 2.17. The molecule has 23 heavy (non-hydrogen) atoms. The van der Waals surface area contributed by atoms with E-state index in [-0.39, 0.29) is 17.7 Å². The Morgan fingerprint density at radius 2 is 1.70 bits per heavy atom. The molecular weight excluding hydrogens is 312 g/mol. The van der Waals surface area contributed by atoms with Crippen molar-refractivity contribution < 1.29 is 9.59 Å². The molecule has 0 saturated carbocycles. The Balaban J connectivity index is 2.10. The van der Waals surface area contributed by atoms with Crippen molar-refractivity contribution in [2.45, 2.75) is 45.6 Å². The third kappa shape index (κ3) is 4.71. The monoisotopic (exact) mass is 336 g/mol. The molecule has 2 amide bonds. The first kappa shape index (κ1) is 17.8. The second-order valence-electron chi connectivity index (χ2n) is 6.41. The second-order valence-corrected chi connectivity index (χ2v) is 6.82. The van der Waals surface area contributed by atoms with Gasteiger partial charge in [-0.15, -0.1) is 0 Å². The molecule has 1 saturated heterocycles. The molecule has 0 bridgehead atoms. The highest BCUT2D eigenvalue weighted by molar-refractivity contribution is 6.33. The number of benzene rings is 1. The number of rotatable bonds is 4. The minimum absolute atomic E-state index is 0.0160. The van der Waals surface area contributed by atoms with Crippen molar-refractivity contribution in [2.24, 2.45) is 5.92 Å². The van der Waals surface area contributed by atoms with Gasteiger partial charge in [0.1, 0.15) is 6.04 Å². The van der Waals surface area contributed by atoms with Gasteiger partial charge in [-0.2, -0.15) is 0 Å². The zero-order valence-electron chi connectivity index (χ0n) is 13.8. The number of hydrogen-bond acceptors (Lipinski definition) is 2. The van der Waals surface area contributed by atoms with Gasteiger partial charge in [0.25, 0.3) is 5.91 Å². The Kier molecular flexibility index (Phi) is 6.46. The van der Waals surface area contributed by atoms with Crippen LogP contribution in [0.3, 0.4) is 0 Å². The topological polar surface area (TPSA) is 49.4 Å². The Bertz CT molecular complexity index is 552. The van der Waals surface area contributed by atoms with Crippen LogP contribution in [0.1, 0.15) is 49.9 Å². The molecule has 0 spiro atoms. The Morgan fingerprint density at radius 3 is 2.26 bits per heavy atom. The summed E-state index contributed by atoms with van der Waals surface area (Å²) in [5, 5.41) is 3.27. The molecule has 0 unspecified atom stereocenters. The number of amides is 2. The largest absolute Gasteiger partial charge is 0.341 e. The molecule has 1 aliphatic heterocycles. The van der Waals surface area contributed by atoms with E-state index < -0.39 is 6.04 Å². The SMILES string of the molecule is CC(C)[C@H](NC(=O)c1ccccc1Cl)C(=O)N1CCCCCC1. The van der Waals surface area contributed by atoms with Crippen LogP contribution in [0, 0.1) is 5.92 Å². The molecule has 1 heterocycles. The van der Waals surface area contributed by atoms with Crippen molar-refractivity contribution in [3.8, 4) is 0 Å². The average molecular weight is 337 g/mol. The van der Waals surface area contributed by atoms with E-state index in [1.165, 1.54) is 12.8 Å². The summed E-state index contributed by atoms with van der Waals surface area (Å²) in [7, 11) is 0. The van der Waals surface area contributed by atoms with E-state index in [0.717, 1.165) is 25.9 Å². The van der Waals surface area contributed by atoms with Crippen LogP contribution in [-0.2, 0) is 4.79 Å². The van der Waals surface area contributed by atoms with Crippen LogP contribution in [0.2, 0.25) is 5.02 Å². The minimum atomic E-state index is -0.517. The fourth-order valence-corrected chi connectivity index (χ4v) is 3.09. The van der Waals surface area contributed by atoms with Crippen molar-refractivity contribution in [1.29, 1.82) is 0 Å². The zero-order chi connectivity index (χ0) is 16.8. The molecule has 126 valence electrons. The van der Waals surface area contributed by atoms with Gasteiger partial charge in [-0.1, -0.05) is 50.4 Å². The first-order chi connectivity index (χ1) is 11.0. The summed E-state index contributed by atoms with van der Waals surface area (Å²) in [5.41, 5.74) is 0.406. The Morgan fingerprint density at radius 1 is 1.09 bits per heavy atom. The van der Waals surface area contributed by atoms with Crippen LogP contribution in [0.25, 0.3) is 0 Å². The zero-order valence-corrected chi connectivity index (χ0v) is 14.6. The number of carbonyl (C=O) groups is 2. The van der Waals surface area contributed by atoms with Gasteiger partial charge in [0.2, 0.25) is 5.91 Å². The molecule has 1 aromatic carbocycles. The molecule has 0 aliphatic carbocycles. The van der Waals surface area contributed by atoms with Gasteiger partial charge in [0.15, 0.2) is 0 Å². The number of hydrogen-bond donors (Lipinski definition) is 1. The number of nitrogens with zero attached hydrogens (tertiary/aromatic N) is 1. The third-order valence-electron chi connectivity index (χ3n) is 4.26. The van der Waals surface area contributed by atoms with Crippen LogP contribution < -0.4 is 5.32 Å². The minimum Gasteiger partial charge on any atom is -0.341 e. The molecule has 1 atom stereocenters. The molecule has 1 fully saturated rings. The number of nitrogens with one attached hydrogen (secondary N) is 1. The van der Waals surface area contributed by atoms with Gasteiger partial charge in [-0.25, -0.2) is 0 Å². The lowest BCUT2D eigenvalue weighted by atomic mass is 10.0. The van der Waals surface area contributed by atoms with Crippen molar-refractivity contribution >= 4 is 23.4 Å². The number of likely N-dealkylation sites (tertiary alicyclic amines) is 1. The summed E-state index contributed by atoms with van der Waals surface area (Å²) in [5.74, 6) is -0.253. The summed E-state index contributed by atoms with van der Waals surface area (Å²) < 4.78 is 0. The lowest BCUT2D eigenvalue weighted by Gasteiger charge is -2.29. The van der Waals surface area contributed by atoms with Gasteiger partial charge >= 0.3 is 0 Å². The van der Waals surface area contributed by atoms with Crippen LogP contribution in [0.15, 0.2) is 24.3 Å². The van der Waals surface area contributed by atoms with E-state index in [1.807, 2.05) is 18.7 Å². The highest BCUT2D eigenvalue weighted by Gasteiger charge is 2.29. The Labute approximate surface area is 143 Å². The molecule has 4 nitrogen and oxygen atoms in total. The summed E-state index contributed by atoms with van der Waals surface area (Å²) in [4.78, 5) is 27.2. The molecule has 5 heteroatoms. The predicted octanol–water partition coefficient (Wildman–Crippen LogP) is 3.50. The van der Waals surface area contributed by atoms with Crippen LogP contribution in [0.5, 0.6) is 0 Å². The molecule has 2 rings (SSSR count). The molecule has 1 aromatic rings. The van der Waals surface area contributed by atoms with Crippen LogP contribution in [-0.4, -0.2) is 35.8 Å². The molecular formula is C18H25ClN2O2. The van der Waals surface area contributed by atoms with Gasteiger partial charge in [0.05, 0.1) is 10.6 Å². The second kappa shape index (κ2) is 8.34. The summed E-state index contributed by atoms with van der Waals surface area (Å²) in [6, 6.07) is 6.38. The fourth-order valence-electron chi connectivity index (χ4n) is 2.87. The predicted molar refractivity (Wildman–Crippen MR) is 92.6 cm³/mol. The van der Waals surface area contributed by atoms with E-state index in [4.69, 9.17) is 11.6 Å². The first-order valence-electron chi connectivity index (χ1n) is 8.35. The van der Waals surface area contributed by atoms with Gasteiger partial charge in [-0.05, 0) is 30.9 Å². The van der Waals surface area contributed by atoms with Crippen molar-refractivity contribution in [3.63, 3.8) is 0 Å². The first-order valence-corrected chi connectivity index (χ1v) is 8.72. The summed E-state index contributed by atoms with van der Waals surface area (Å²) in [6.07, 6.45) is 4.41. The maximum Gasteiger partial charge on any atom is 0.253 e. The smallest absolute Gasteiger partial charge is 0.253 e. The van der Waals surface area contributed by atoms with Crippen LogP contribution >= 0.6 is 11.6 Å². The standard InChI is InChI=1S/C18H25ClN2O2/c1-13(2)16(18(23)21-11-7-3-4-8-12-21)20-17(22)14-9-5-6-10-15(14)19/h5-6,9-10,13,16H,3-4,7-8,11-12H2,1-2H3,(H,20,22)/t16-/m0/s1. The van der Waals surface area contributed by atoms with Crippen molar-refractivity contribution in [2.75, 3.05) is 13.1 Å². The maximum absolute atomic E-state index is 12.8. The van der Waals surface area contributed by atoms with Crippen molar-refractivity contribution in [3.05, 3.63) is 34.9 Å². The molecule has 0 aromatic heterocycles. The van der Waals surface area contributed by atoms with E-state index >= 15 is 0 Å². The molecule has 1 aliphatic rings. The van der Waals surface area contributed by atoms with E-state index in [2.05, 4.69) is 5.32 Å². The highest BCUT2D eigenvalue weighted by atomic mass is 35.5. The third-order valence-corrected chi connectivity index (χ3v) is 4.59. The average Bonchev–Trinajstić information content (AvgIpc) is 2.81.